The van der Waals surface area contributed by atoms with Gasteiger partial charge in [0.05, 0.1) is 24.2 Å². The number of ether oxygens (including phenoxy) is 1. The van der Waals surface area contributed by atoms with E-state index in [1.165, 1.54) is 0 Å². The fourth-order valence-corrected chi connectivity index (χ4v) is 3.72. The number of methoxy groups -OCH3 is 1. The molecule has 3 heterocycles. The largest absolute Gasteiger partial charge is 0.497 e. The fourth-order valence-electron chi connectivity index (χ4n) is 3.72. The normalized spacial score (nSPS) is 17.3. The maximum absolute atomic E-state index is 13.0. The molecule has 1 aromatic heterocycles. The maximum Gasteiger partial charge on any atom is 0.259 e. The standard InChI is InChI=1S/C19H14N2O2/c1-23-12-8-9-15-17(11-12)21-18(16-7-4-10-20(15)16)13-5-2-3-6-14(13)19(21)22/h2-11,18H,1H3/t18-/m1/s1. The smallest absolute Gasteiger partial charge is 0.259 e. The Morgan fingerprint density at radius 1 is 1.00 bits per heavy atom. The molecular weight excluding hydrogens is 288 g/mol. The summed E-state index contributed by atoms with van der Waals surface area (Å²) in [5, 5.41) is 0. The van der Waals surface area contributed by atoms with Gasteiger partial charge in [0.15, 0.2) is 0 Å². The Morgan fingerprint density at radius 3 is 2.74 bits per heavy atom. The molecule has 112 valence electrons. The molecule has 1 atom stereocenters. The summed E-state index contributed by atoms with van der Waals surface area (Å²) in [7, 11) is 1.64. The van der Waals surface area contributed by atoms with Gasteiger partial charge in [-0.3, -0.25) is 9.69 Å². The minimum Gasteiger partial charge on any atom is -0.497 e. The van der Waals surface area contributed by atoms with Crippen LogP contribution in [-0.2, 0) is 0 Å². The van der Waals surface area contributed by atoms with E-state index in [1.54, 1.807) is 7.11 Å². The summed E-state index contributed by atoms with van der Waals surface area (Å²) >= 11 is 0. The van der Waals surface area contributed by atoms with E-state index in [0.29, 0.717) is 0 Å². The second kappa shape index (κ2) is 4.26. The van der Waals surface area contributed by atoms with Crippen LogP contribution in [0.1, 0.15) is 27.7 Å². The Kier molecular flexibility index (Phi) is 2.32. The van der Waals surface area contributed by atoms with Crippen LogP contribution in [0.2, 0.25) is 0 Å². The van der Waals surface area contributed by atoms with E-state index < -0.39 is 0 Å². The van der Waals surface area contributed by atoms with Crippen molar-refractivity contribution in [1.29, 1.82) is 0 Å². The van der Waals surface area contributed by atoms with Crippen molar-refractivity contribution in [3.8, 4) is 11.4 Å². The van der Waals surface area contributed by atoms with Crippen molar-refractivity contribution in [3.63, 3.8) is 0 Å². The summed E-state index contributed by atoms with van der Waals surface area (Å²) in [6.07, 6.45) is 2.05. The lowest BCUT2D eigenvalue weighted by Gasteiger charge is -2.34. The molecule has 23 heavy (non-hydrogen) atoms. The van der Waals surface area contributed by atoms with Crippen molar-refractivity contribution >= 4 is 11.6 Å². The van der Waals surface area contributed by atoms with Gasteiger partial charge in [-0.15, -0.1) is 0 Å². The highest BCUT2D eigenvalue weighted by molar-refractivity contribution is 6.13. The third kappa shape index (κ3) is 1.47. The molecule has 5 rings (SSSR count). The van der Waals surface area contributed by atoms with E-state index in [9.17, 15) is 4.79 Å². The molecule has 1 amide bonds. The van der Waals surface area contributed by atoms with Gasteiger partial charge >= 0.3 is 0 Å². The Bertz CT molecular complexity index is 958. The lowest BCUT2D eigenvalue weighted by atomic mass is 10.0. The molecule has 0 spiro atoms. The first-order valence-corrected chi connectivity index (χ1v) is 7.58. The van der Waals surface area contributed by atoms with Gasteiger partial charge in [-0.2, -0.15) is 0 Å². The number of rotatable bonds is 1. The second-order valence-corrected chi connectivity index (χ2v) is 5.82. The highest BCUT2D eigenvalue weighted by Gasteiger charge is 2.43. The molecule has 4 nitrogen and oxygen atoms in total. The quantitative estimate of drug-likeness (QED) is 0.689. The summed E-state index contributed by atoms with van der Waals surface area (Å²) < 4.78 is 7.52. The summed E-state index contributed by atoms with van der Waals surface area (Å²) in [4.78, 5) is 14.9. The van der Waals surface area contributed by atoms with Crippen LogP contribution < -0.4 is 9.64 Å². The first-order valence-electron chi connectivity index (χ1n) is 7.58. The summed E-state index contributed by atoms with van der Waals surface area (Å²) in [5.74, 6) is 0.800. The number of benzene rings is 2. The molecule has 2 aromatic carbocycles. The first kappa shape index (κ1) is 12.5. The topological polar surface area (TPSA) is 34.5 Å². The number of carbonyl (C=O) groups excluding carboxylic acids is 1. The van der Waals surface area contributed by atoms with Crippen LogP contribution in [0.3, 0.4) is 0 Å². The number of hydrogen-bond acceptors (Lipinski definition) is 2. The maximum atomic E-state index is 13.0. The average molecular weight is 302 g/mol. The van der Waals surface area contributed by atoms with E-state index >= 15 is 0 Å². The van der Waals surface area contributed by atoms with E-state index in [4.69, 9.17) is 4.74 Å². The van der Waals surface area contributed by atoms with Gasteiger partial charge in [-0.05, 0) is 35.9 Å². The Hall–Kier alpha value is -3.01. The SMILES string of the molecule is COc1ccc2c(c1)N1C(=O)c3ccccc3[C@@H]1c1cccn1-2. The number of fused-ring (bicyclic) bond motifs is 8. The van der Waals surface area contributed by atoms with Gasteiger partial charge in [0, 0.05) is 17.8 Å². The van der Waals surface area contributed by atoms with Gasteiger partial charge in [-0.1, -0.05) is 18.2 Å². The summed E-state index contributed by atoms with van der Waals surface area (Å²) in [5.41, 5.74) is 4.84. The zero-order chi connectivity index (χ0) is 15.6. The van der Waals surface area contributed by atoms with Crippen LogP contribution in [0.5, 0.6) is 5.75 Å². The molecule has 3 aromatic rings. The lowest BCUT2D eigenvalue weighted by Crippen LogP contribution is -2.33. The molecule has 0 radical (unpaired) electrons. The second-order valence-electron chi connectivity index (χ2n) is 5.82. The molecule has 0 aliphatic carbocycles. The molecule has 0 saturated heterocycles. The molecule has 2 aliphatic heterocycles. The molecule has 0 saturated carbocycles. The first-order chi connectivity index (χ1) is 11.3. The van der Waals surface area contributed by atoms with Crippen LogP contribution >= 0.6 is 0 Å². The lowest BCUT2D eigenvalue weighted by molar-refractivity contribution is 0.0992. The van der Waals surface area contributed by atoms with Crippen molar-refractivity contribution in [2.45, 2.75) is 6.04 Å². The number of hydrogen-bond donors (Lipinski definition) is 0. The van der Waals surface area contributed by atoms with E-state index in [0.717, 1.165) is 33.9 Å². The molecular formula is C19H14N2O2. The zero-order valence-corrected chi connectivity index (χ0v) is 12.6. The number of anilines is 1. The Balaban J connectivity index is 1.85. The molecule has 0 fully saturated rings. The number of carbonyl (C=O) groups is 1. The van der Waals surface area contributed by atoms with Crippen LogP contribution in [0, 0.1) is 0 Å². The van der Waals surface area contributed by atoms with Crippen molar-refractivity contribution in [1.82, 2.24) is 4.57 Å². The predicted molar refractivity (Wildman–Crippen MR) is 87.4 cm³/mol. The number of nitrogens with zero attached hydrogens (tertiary/aromatic N) is 2. The average Bonchev–Trinajstić information content (AvgIpc) is 3.18. The predicted octanol–water partition coefficient (Wildman–Crippen LogP) is 3.55. The highest BCUT2D eigenvalue weighted by Crippen LogP contribution is 2.48. The van der Waals surface area contributed by atoms with Crippen LogP contribution in [0.15, 0.2) is 60.8 Å². The van der Waals surface area contributed by atoms with Gasteiger partial charge in [0.2, 0.25) is 0 Å². The van der Waals surface area contributed by atoms with Gasteiger partial charge in [0.1, 0.15) is 11.8 Å². The molecule has 4 heteroatoms. The number of amides is 1. The Morgan fingerprint density at radius 2 is 1.87 bits per heavy atom. The van der Waals surface area contributed by atoms with Crippen molar-refractivity contribution in [3.05, 3.63) is 77.6 Å². The fraction of sp³-hybridized carbons (Fsp3) is 0.105. The van der Waals surface area contributed by atoms with Crippen molar-refractivity contribution in [2.75, 3.05) is 12.0 Å². The minimum absolute atomic E-state index is 0.0487. The van der Waals surface area contributed by atoms with E-state index in [-0.39, 0.29) is 11.9 Å². The highest BCUT2D eigenvalue weighted by atomic mass is 16.5. The third-order valence-corrected chi connectivity index (χ3v) is 4.72. The van der Waals surface area contributed by atoms with Crippen LogP contribution in [-0.4, -0.2) is 17.6 Å². The summed E-state index contributed by atoms with van der Waals surface area (Å²) in [6.45, 7) is 0. The molecule has 0 bridgehead atoms. The third-order valence-electron chi connectivity index (χ3n) is 4.72. The van der Waals surface area contributed by atoms with Crippen molar-refractivity contribution in [2.24, 2.45) is 0 Å². The zero-order valence-electron chi connectivity index (χ0n) is 12.6. The minimum atomic E-state index is -0.0756. The van der Waals surface area contributed by atoms with Gasteiger partial charge in [0.25, 0.3) is 5.91 Å². The monoisotopic (exact) mass is 302 g/mol. The van der Waals surface area contributed by atoms with Gasteiger partial charge < -0.3 is 9.30 Å². The van der Waals surface area contributed by atoms with Crippen LogP contribution in [0.4, 0.5) is 5.69 Å². The van der Waals surface area contributed by atoms with E-state index in [1.807, 2.05) is 59.6 Å². The molecule has 2 aliphatic rings. The Labute approximate surface area is 133 Å². The van der Waals surface area contributed by atoms with Crippen molar-refractivity contribution < 1.29 is 9.53 Å². The van der Waals surface area contributed by atoms with Gasteiger partial charge in [-0.25, -0.2) is 0 Å². The van der Waals surface area contributed by atoms with E-state index in [2.05, 4.69) is 10.6 Å². The molecule has 0 N–H and O–H groups in total. The molecule has 0 unspecified atom stereocenters. The number of aromatic nitrogens is 1. The summed E-state index contributed by atoms with van der Waals surface area (Å²) in [6, 6.07) is 17.8. The van der Waals surface area contributed by atoms with Crippen LogP contribution in [0.25, 0.3) is 5.69 Å².